The quantitative estimate of drug-likeness (QED) is 0.616. The summed E-state index contributed by atoms with van der Waals surface area (Å²) in [6.07, 6.45) is 4.24. The van der Waals surface area contributed by atoms with Crippen molar-refractivity contribution in [2.24, 2.45) is 16.2 Å². The average molecular weight is 168 g/mol. The molecule has 0 unspecified atom stereocenters. The molecule has 3 aliphatic carbocycles. The van der Waals surface area contributed by atoms with Crippen molar-refractivity contribution >= 4 is 0 Å². The van der Waals surface area contributed by atoms with Crippen molar-refractivity contribution in [1.29, 1.82) is 0 Å². The molecule has 0 amide bonds. The Hall–Kier alpha value is -0.0400. The number of rotatable bonds is 2. The van der Waals surface area contributed by atoms with Crippen LogP contribution in [0.5, 0.6) is 0 Å². The molecule has 0 aromatic carbocycles. The molecule has 3 fully saturated rings. The lowest BCUT2D eigenvalue weighted by atomic mass is 9.29. The van der Waals surface area contributed by atoms with E-state index in [0.29, 0.717) is 16.2 Å². The maximum Gasteiger partial charge on any atom is 0.0519 e. The van der Waals surface area contributed by atoms with Crippen LogP contribution in [0.25, 0.3) is 0 Å². The smallest absolute Gasteiger partial charge is 0.0519 e. The Kier molecular flexibility index (Phi) is 1.47. The minimum Gasteiger partial charge on any atom is -0.384 e. The Bertz CT molecular complexity index is 180. The third kappa shape index (κ3) is 0.834. The van der Waals surface area contributed by atoms with Gasteiger partial charge in [-0.25, -0.2) is 0 Å². The van der Waals surface area contributed by atoms with E-state index < -0.39 is 0 Å². The fourth-order valence-electron chi connectivity index (χ4n) is 3.25. The lowest BCUT2D eigenvalue weighted by Gasteiger charge is -2.75. The molecule has 0 N–H and O–H groups in total. The van der Waals surface area contributed by atoms with E-state index in [2.05, 4.69) is 20.8 Å². The van der Waals surface area contributed by atoms with Gasteiger partial charge in [-0.2, -0.15) is 0 Å². The Morgan fingerprint density at radius 3 is 2.00 bits per heavy atom. The highest BCUT2D eigenvalue weighted by Gasteiger charge is 2.71. The highest BCUT2D eigenvalue weighted by Crippen LogP contribution is 2.78. The summed E-state index contributed by atoms with van der Waals surface area (Å²) in [5, 5.41) is 0. The Labute approximate surface area is 75.5 Å². The Morgan fingerprint density at radius 1 is 1.17 bits per heavy atom. The minimum absolute atomic E-state index is 0.516. The van der Waals surface area contributed by atoms with Gasteiger partial charge in [0.05, 0.1) is 6.61 Å². The summed E-state index contributed by atoms with van der Waals surface area (Å²) in [7, 11) is 1.82. The molecule has 0 atom stereocenters. The highest BCUT2D eigenvalue weighted by molar-refractivity contribution is 5.20. The largest absolute Gasteiger partial charge is 0.384 e. The van der Waals surface area contributed by atoms with Gasteiger partial charge in [-0.1, -0.05) is 20.8 Å². The maximum absolute atomic E-state index is 5.24. The third-order valence-corrected chi connectivity index (χ3v) is 4.18. The van der Waals surface area contributed by atoms with Crippen molar-refractivity contribution < 1.29 is 4.74 Å². The minimum atomic E-state index is 0.516. The van der Waals surface area contributed by atoms with Gasteiger partial charge in [0.2, 0.25) is 0 Å². The molecule has 2 bridgehead atoms. The predicted molar refractivity (Wildman–Crippen MR) is 50.0 cm³/mol. The first kappa shape index (κ1) is 8.55. The van der Waals surface area contributed by atoms with E-state index in [1.165, 1.54) is 19.3 Å². The number of methoxy groups -OCH3 is 1. The van der Waals surface area contributed by atoms with Crippen molar-refractivity contribution in [2.75, 3.05) is 13.7 Å². The van der Waals surface area contributed by atoms with Gasteiger partial charge in [-0.05, 0) is 35.5 Å². The molecule has 0 aliphatic heterocycles. The number of hydrogen-bond donors (Lipinski definition) is 0. The molecule has 0 spiro atoms. The monoisotopic (exact) mass is 168 g/mol. The average Bonchev–Trinajstić information content (AvgIpc) is 1.70. The first-order valence-corrected chi connectivity index (χ1v) is 4.92. The van der Waals surface area contributed by atoms with Gasteiger partial charge in [-0.3, -0.25) is 0 Å². The first-order valence-electron chi connectivity index (χ1n) is 4.92. The van der Waals surface area contributed by atoms with Gasteiger partial charge >= 0.3 is 0 Å². The van der Waals surface area contributed by atoms with Gasteiger partial charge in [-0.15, -0.1) is 0 Å². The van der Waals surface area contributed by atoms with Crippen molar-refractivity contribution in [3.63, 3.8) is 0 Å². The van der Waals surface area contributed by atoms with Crippen LogP contribution in [0.1, 0.15) is 40.0 Å². The maximum atomic E-state index is 5.24. The Balaban J connectivity index is 1.95. The molecule has 1 heteroatoms. The lowest BCUT2D eigenvalue weighted by Crippen LogP contribution is -2.68. The second-order valence-electron chi connectivity index (χ2n) is 5.99. The van der Waals surface area contributed by atoms with E-state index in [1.807, 2.05) is 7.11 Å². The van der Waals surface area contributed by atoms with Crippen LogP contribution < -0.4 is 0 Å². The molecule has 3 saturated carbocycles. The van der Waals surface area contributed by atoms with Crippen LogP contribution in [0, 0.1) is 16.2 Å². The van der Waals surface area contributed by atoms with Crippen LogP contribution in [-0.2, 0) is 4.74 Å². The van der Waals surface area contributed by atoms with Crippen LogP contribution >= 0.6 is 0 Å². The second kappa shape index (κ2) is 2.06. The molecule has 0 heterocycles. The lowest BCUT2D eigenvalue weighted by molar-refractivity contribution is -0.275. The molecular weight excluding hydrogens is 148 g/mol. The van der Waals surface area contributed by atoms with Crippen LogP contribution in [0.2, 0.25) is 0 Å². The molecule has 3 aliphatic rings. The standard InChI is InChI=1S/C11H20O/c1-9(2,3)11-5-10(6-11,7-11)8-12-4/h5-8H2,1-4H3. The van der Waals surface area contributed by atoms with Gasteiger partial charge < -0.3 is 4.74 Å². The van der Waals surface area contributed by atoms with Crippen LogP contribution in [0.4, 0.5) is 0 Å². The van der Waals surface area contributed by atoms with Gasteiger partial charge in [0.1, 0.15) is 0 Å². The molecule has 0 aromatic rings. The van der Waals surface area contributed by atoms with Gasteiger partial charge in [0.25, 0.3) is 0 Å². The zero-order chi connectivity index (χ0) is 9.04. The van der Waals surface area contributed by atoms with E-state index in [1.54, 1.807) is 0 Å². The highest BCUT2D eigenvalue weighted by atomic mass is 16.5. The van der Waals surface area contributed by atoms with Gasteiger partial charge in [0, 0.05) is 7.11 Å². The molecule has 70 valence electrons. The second-order valence-corrected chi connectivity index (χ2v) is 5.99. The van der Waals surface area contributed by atoms with E-state index in [4.69, 9.17) is 4.74 Å². The first-order chi connectivity index (χ1) is 5.43. The molecule has 3 rings (SSSR count). The zero-order valence-electron chi connectivity index (χ0n) is 8.74. The molecular formula is C11H20O. The SMILES string of the molecule is COCC12CC(C(C)(C)C)(C1)C2. The predicted octanol–water partition coefficient (Wildman–Crippen LogP) is 2.85. The fourth-order valence-corrected chi connectivity index (χ4v) is 3.25. The van der Waals surface area contributed by atoms with E-state index in [-0.39, 0.29) is 0 Å². The van der Waals surface area contributed by atoms with Crippen molar-refractivity contribution in [2.45, 2.75) is 40.0 Å². The molecule has 1 nitrogen and oxygen atoms in total. The fraction of sp³-hybridized carbons (Fsp3) is 1.00. The van der Waals surface area contributed by atoms with Crippen molar-refractivity contribution in [3.8, 4) is 0 Å². The van der Waals surface area contributed by atoms with Crippen molar-refractivity contribution in [1.82, 2.24) is 0 Å². The normalized spacial score (nSPS) is 45.0. The molecule has 0 radical (unpaired) electrons. The van der Waals surface area contributed by atoms with Gasteiger partial charge in [0.15, 0.2) is 0 Å². The molecule has 0 aromatic heterocycles. The van der Waals surface area contributed by atoms with Crippen LogP contribution in [0.3, 0.4) is 0 Å². The summed E-state index contributed by atoms with van der Waals surface area (Å²) in [4.78, 5) is 0. The topological polar surface area (TPSA) is 9.23 Å². The number of ether oxygens (including phenoxy) is 1. The summed E-state index contributed by atoms with van der Waals surface area (Å²) in [5.41, 5.74) is 1.82. The summed E-state index contributed by atoms with van der Waals surface area (Å²) in [5.74, 6) is 0. The van der Waals surface area contributed by atoms with E-state index in [9.17, 15) is 0 Å². The Morgan fingerprint density at radius 2 is 1.67 bits per heavy atom. The van der Waals surface area contributed by atoms with E-state index >= 15 is 0 Å². The molecule has 12 heavy (non-hydrogen) atoms. The van der Waals surface area contributed by atoms with Crippen LogP contribution in [0.15, 0.2) is 0 Å². The van der Waals surface area contributed by atoms with E-state index in [0.717, 1.165) is 6.61 Å². The summed E-state index contributed by atoms with van der Waals surface area (Å²) in [6.45, 7) is 8.12. The summed E-state index contributed by atoms with van der Waals surface area (Å²) >= 11 is 0. The number of hydrogen-bond acceptors (Lipinski definition) is 1. The summed E-state index contributed by atoms with van der Waals surface area (Å²) < 4.78 is 5.24. The van der Waals surface area contributed by atoms with Crippen molar-refractivity contribution in [3.05, 3.63) is 0 Å². The third-order valence-electron chi connectivity index (χ3n) is 4.18. The molecule has 0 saturated heterocycles. The van der Waals surface area contributed by atoms with Crippen LogP contribution in [-0.4, -0.2) is 13.7 Å². The summed E-state index contributed by atoms with van der Waals surface area (Å²) in [6, 6.07) is 0. The zero-order valence-corrected chi connectivity index (χ0v) is 8.74.